The van der Waals surface area contributed by atoms with Gasteiger partial charge in [-0.25, -0.2) is 4.39 Å². The van der Waals surface area contributed by atoms with Crippen molar-refractivity contribution in [3.8, 4) is 34.1 Å². The standard InChI is InChI=1S/C36H38FN5O6/c37-28-18-26-33-35(32(28)38-6-3-8-40-10-14-45-15-11-40)48-31-20-30-25(24-5-2-1-4-23(24)22-47-30)19-29(31)42(33)21-27(34(26)43)36(44)39-7-9-41-12-16-46-17-13-41/h1-2,4-5,18-21,38H,3,6-17,22H2,(H,39,44). The number of amides is 1. The number of hydrogen-bond donors (Lipinski definition) is 2. The molecule has 4 aliphatic heterocycles. The highest BCUT2D eigenvalue weighted by Gasteiger charge is 2.31. The number of aromatic nitrogens is 1. The predicted molar refractivity (Wildman–Crippen MR) is 179 cm³/mol. The maximum atomic E-state index is 16.0. The first-order chi connectivity index (χ1) is 23.5. The summed E-state index contributed by atoms with van der Waals surface area (Å²) in [4.78, 5) is 32.0. The van der Waals surface area contributed by atoms with Crippen molar-refractivity contribution < 1.29 is 28.1 Å². The summed E-state index contributed by atoms with van der Waals surface area (Å²) in [5.41, 5.74) is 3.54. The summed E-state index contributed by atoms with van der Waals surface area (Å²) in [6, 6.07) is 13.0. The molecule has 0 saturated carbocycles. The smallest absolute Gasteiger partial charge is 0.256 e. The molecular formula is C36H38FN5O6. The SMILES string of the molecule is O=C(NCCN1CCOCC1)c1cn2c3c(c(NCCCN4CCOCC4)c(F)cc3c1=O)Oc1cc3c(cc1-2)-c1ccccc1CO3. The monoisotopic (exact) mass is 655 g/mol. The van der Waals surface area contributed by atoms with Crippen LogP contribution in [0.15, 0.2) is 53.5 Å². The molecule has 2 fully saturated rings. The first-order valence-corrected chi connectivity index (χ1v) is 16.7. The van der Waals surface area contributed by atoms with E-state index in [4.69, 9.17) is 18.9 Å². The minimum atomic E-state index is -0.621. The van der Waals surface area contributed by atoms with Crippen LogP contribution < -0.4 is 25.5 Å². The number of rotatable bonds is 9. The van der Waals surface area contributed by atoms with Gasteiger partial charge in [0, 0.05) is 63.6 Å². The zero-order valence-corrected chi connectivity index (χ0v) is 26.7. The molecule has 0 radical (unpaired) electrons. The van der Waals surface area contributed by atoms with Gasteiger partial charge in [-0.05, 0) is 36.2 Å². The van der Waals surface area contributed by atoms with E-state index in [1.54, 1.807) is 10.8 Å². The first kappa shape index (κ1) is 30.8. The second kappa shape index (κ2) is 13.2. The molecule has 250 valence electrons. The van der Waals surface area contributed by atoms with Gasteiger partial charge in [-0.15, -0.1) is 0 Å². The van der Waals surface area contributed by atoms with Gasteiger partial charge in [-0.2, -0.15) is 0 Å². The Morgan fingerprint density at radius 3 is 2.42 bits per heavy atom. The molecule has 2 N–H and O–H groups in total. The normalized spacial score (nSPS) is 17.1. The number of hydrogen-bond acceptors (Lipinski definition) is 9. The number of carbonyl (C=O) groups excluding carboxylic acids is 1. The van der Waals surface area contributed by atoms with Crippen LogP contribution in [0.2, 0.25) is 0 Å². The third-order valence-corrected chi connectivity index (χ3v) is 9.54. The average molecular weight is 656 g/mol. The fraction of sp³-hybridized carbons (Fsp3) is 0.389. The summed E-state index contributed by atoms with van der Waals surface area (Å²) in [6.45, 7) is 8.85. The largest absolute Gasteiger partial charge is 0.488 e. The number of ether oxygens (including phenoxy) is 4. The topological polar surface area (TPSA) is 107 Å². The van der Waals surface area contributed by atoms with Crippen molar-refractivity contribution in [1.82, 2.24) is 19.7 Å². The van der Waals surface area contributed by atoms with Gasteiger partial charge >= 0.3 is 0 Å². The van der Waals surface area contributed by atoms with Crippen molar-refractivity contribution in [3.63, 3.8) is 0 Å². The molecule has 0 unspecified atom stereocenters. The third kappa shape index (κ3) is 5.79. The first-order valence-electron chi connectivity index (χ1n) is 16.7. The van der Waals surface area contributed by atoms with E-state index in [0.717, 1.165) is 55.8 Å². The molecule has 0 spiro atoms. The van der Waals surface area contributed by atoms with Gasteiger partial charge in [-0.1, -0.05) is 24.3 Å². The molecule has 8 rings (SSSR count). The van der Waals surface area contributed by atoms with E-state index in [1.807, 2.05) is 36.4 Å². The third-order valence-electron chi connectivity index (χ3n) is 9.54. The van der Waals surface area contributed by atoms with E-state index in [2.05, 4.69) is 20.4 Å². The summed E-state index contributed by atoms with van der Waals surface area (Å²) in [6.07, 6.45) is 2.34. The Hall–Kier alpha value is -4.49. The molecule has 4 aromatic rings. The number of anilines is 1. The van der Waals surface area contributed by atoms with E-state index >= 15 is 4.39 Å². The van der Waals surface area contributed by atoms with Gasteiger partial charge in [0.2, 0.25) is 5.43 Å². The van der Waals surface area contributed by atoms with E-state index in [-0.39, 0.29) is 22.4 Å². The lowest BCUT2D eigenvalue weighted by molar-refractivity contribution is 0.0378. The zero-order valence-electron chi connectivity index (χ0n) is 26.7. The van der Waals surface area contributed by atoms with Crippen molar-refractivity contribution in [2.45, 2.75) is 13.0 Å². The lowest BCUT2D eigenvalue weighted by Gasteiger charge is -2.29. The van der Waals surface area contributed by atoms with Crippen molar-refractivity contribution >= 4 is 22.5 Å². The van der Waals surface area contributed by atoms with Crippen LogP contribution in [0.3, 0.4) is 0 Å². The number of carbonyl (C=O) groups is 1. The highest BCUT2D eigenvalue weighted by atomic mass is 19.1. The van der Waals surface area contributed by atoms with E-state index < -0.39 is 17.2 Å². The molecule has 2 saturated heterocycles. The highest BCUT2D eigenvalue weighted by Crippen LogP contribution is 2.49. The zero-order chi connectivity index (χ0) is 32.6. The average Bonchev–Trinajstić information content (AvgIpc) is 3.12. The van der Waals surface area contributed by atoms with Crippen LogP contribution in [-0.2, 0) is 16.1 Å². The fourth-order valence-electron chi connectivity index (χ4n) is 6.95. The number of pyridine rings is 1. The van der Waals surface area contributed by atoms with Crippen LogP contribution >= 0.6 is 0 Å². The van der Waals surface area contributed by atoms with Gasteiger partial charge < -0.3 is 34.1 Å². The summed E-state index contributed by atoms with van der Waals surface area (Å²) >= 11 is 0. The van der Waals surface area contributed by atoms with Gasteiger partial charge in [0.1, 0.15) is 29.1 Å². The van der Waals surface area contributed by atoms with Crippen LogP contribution in [0.5, 0.6) is 17.2 Å². The van der Waals surface area contributed by atoms with Crippen LogP contribution in [0.25, 0.3) is 27.7 Å². The second-order valence-corrected chi connectivity index (χ2v) is 12.5. The predicted octanol–water partition coefficient (Wildman–Crippen LogP) is 3.99. The molecule has 5 heterocycles. The summed E-state index contributed by atoms with van der Waals surface area (Å²) in [5, 5.41) is 6.23. The minimum absolute atomic E-state index is 0.0664. The Morgan fingerprint density at radius 1 is 0.875 bits per heavy atom. The van der Waals surface area contributed by atoms with Gasteiger partial charge in [0.15, 0.2) is 17.3 Å². The Labute approximate surface area is 277 Å². The molecule has 12 heteroatoms. The van der Waals surface area contributed by atoms with E-state index in [1.165, 1.54) is 6.07 Å². The summed E-state index contributed by atoms with van der Waals surface area (Å²) in [5.74, 6) is 0.156. The van der Waals surface area contributed by atoms with Crippen molar-refractivity contribution in [2.24, 2.45) is 0 Å². The molecule has 0 atom stereocenters. The molecule has 1 aromatic heterocycles. The Kier molecular flexibility index (Phi) is 8.47. The molecule has 0 bridgehead atoms. The van der Waals surface area contributed by atoms with E-state index in [0.29, 0.717) is 75.4 Å². The number of nitrogens with zero attached hydrogens (tertiary/aromatic N) is 3. The Bertz CT molecular complexity index is 1930. The second-order valence-electron chi connectivity index (χ2n) is 12.5. The number of nitrogens with one attached hydrogen (secondary N) is 2. The molecular weight excluding hydrogens is 617 g/mol. The molecule has 11 nitrogen and oxygen atoms in total. The van der Waals surface area contributed by atoms with Gasteiger partial charge in [0.25, 0.3) is 5.91 Å². The van der Waals surface area contributed by atoms with Gasteiger partial charge in [-0.3, -0.25) is 19.4 Å². The number of morpholine rings is 2. The minimum Gasteiger partial charge on any atom is -0.488 e. The number of fused-ring (bicyclic) bond motifs is 5. The maximum Gasteiger partial charge on any atom is 0.256 e. The maximum absolute atomic E-state index is 16.0. The lowest BCUT2D eigenvalue weighted by Crippen LogP contribution is -2.42. The van der Waals surface area contributed by atoms with Crippen LogP contribution in [0.1, 0.15) is 22.3 Å². The lowest BCUT2D eigenvalue weighted by atomic mass is 9.95. The Morgan fingerprint density at radius 2 is 1.62 bits per heavy atom. The molecule has 0 aliphatic carbocycles. The quantitative estimate of drug-likeness (QED) is 0.228. The molecule has 1 amide bonds. The number of benzene rings is 3. The molecule has 3 aromatic carbocycles. The van der Waals surface area contributed by atoms with Crippen molar-refractivity contribution in [1.29, 1.82) is 0 Å². The van der Waals surface area contributed by atoms with Crippen molar-refractivity contribution in [3.05, 3.63) is 75.8 Å². The van der Waals surface area contributed by atoms with E-state index in [9.17, 15) is 9.59 Å². The summed E-state index contributed by atoms with van der Waals surface area (Å²) < 4.78 is 41.2. The molecule has 4 aliphatic rings. The van der Waals surface area contributed by atoms with Crippen LogP contribution in [0.4, 0.5) is 10.1 Å². The number of halogens is 1. The Balaban J connectivity index is 1.18. The highest BCUT2D eigenvalue weighted by molar-refractivity contribution is 6.01. The van der Waals surface area contributed by atoms with Crippen molar-refractivity contribution in [2.75, 3.05) is 84.1 Å². The summed E-state index contributed by atoms with van der Waals surface area (Å²) in [7, 11) is 0. The molecule has 48 heavy (non-hydrogen) atoms. The fourth-order valence-corrected chi connectivity index (χ4v) is 6.95. The van der Waals surface area contributed by atoms with Gasteiger partial charge in [0.05, 0.1) is 37.5 Å². The van der Waals surface area contributed by atoms with Crippen LogP contribution in [-0.4, -0.2) is 99.1 Å². The van der Waals surface area contributed by atoms with Crippen LogP contribution in [0, 0.1) is 5.82 Å².